The zero-order valence-corrected chi connectivity index (χ0v) is 17.7. The maximum Gasteiger partial charge on any atom is 0.223 e. The zero-order chi connectivity index (χ0) is 21.0. The molecule has 0 saturated heterocycles. The van der Waals surface area contributed by atoms with Crippen LogP contribution < -0.4 is 4.74 Å². The van der Waals surface area contributed by atoms with E-state index in [1.807, 2.05) is 42.5 Å². The first-order valence-electron chi connectivity index (χ1n) is 10.8. The second kappa shape index (κ2) is 8.65. The molecule has 31 heavy (non-hydrogen) atoms. The van der Waals surface area contributed by atoms with Crippen LogP contribution in [-0.2, 0) is 6.42 Å². The summed E-state index contributed by atoms with van der Waals surface area (Å²) in [6.07, 6.45) is 4.12. The average molecular weight is 408 g/mol. The van der Waals surface area contributed by atoms with Crippen molar-refractivity contribution in [3.8, 4) is 28.3 Å². The number of allylic oxidation sites excluding steroid dienone is 2. The molecule has 0 aliphatic heterocycles. The molecule has 0 saturated carbocycles. The lowest BCUT2D eigenvalue weighted by Gasteiger charge is -2.07. The van der Waals surface area contributed by atoms with Crippen molar-refractivity contribution in [3.63, 3.8) is 0 Å². The third-order valence-electron chi connectivity index (χ3n) is 5.85. The molecule has 0 spiro atoms. The van der Waals surface area contributed by atoms with Gasteiger partial charge in [-0.25, -0.2) is 4.98 Å². The Bertz CT molecular complexity index is 1150. The third kappa shape index (κ3) is 4.04. The number of hydrogen-bond acceptors (Lipinski definition) is 3. The monoisotopic (exact) mass is 407 g/mol. The summed E-state index contributed by atoms with van der Waals surface area (Å²) in [5.41, 5.74) is 6.95. The molecule has 0 unspecified atom stereocenters. The molecule has 0 fully saturated rings. The highest BCUT2D eigenvalue weighted by Gasteiger charge is 2.24. The van der Waals surface area contributed by atoms with E-state index in [1.54, 1.807) is 7.11 Å². The van der Waals surface area contributed by atoms with Crippen LogP contribution in [0.25, 0.3) is 28.2 Å². The van der Waals surface area contributed by atoms with Crippen molar-refractivity contribution in [1.82, 2.24) is 4.98 Å². The molecule has 0 N–H and O–H groups in total. The van der Waals surface area contributed by atoms with Gasteiger partial charge in [0, 0.05) is 16.7 Å². The topological polar surface area (TPSA) is 35.3 Å². The first kappa shape index (κ1) is 19.4. The van der Waals surface area contributed by atoms with Crippen molar-refractivity contribution in [2.24, 2.45) is 0 Å². The molecule has 5 rings (SSSR count). The van der Waals surface area contributed by atoms with Crippen LogP contribution in [0.4, 0.5) is 0 Å². The van der Waals surface area contributed by atoms with Gasteiger partial charge in [-0.05, 0) is 43.4 Å². The van der Waals surface area contributed by atoms with Crippen LogP contribution >= 0.6 is 0 Å². The second-order valence-electron chi connectivity index (χ2n) is 7.89. The smallest absolute Gasteiger partial charge is 0.223 e. The Labute approximate surface area is 183 Å². The molecule has 0 amide bonds. The Kier molecular flexibility index (Phi) is 5.40. The minimum Gasteiger partial charge on any atom is -0.497 e. The maximum absolute atomic E-state index is 6.46. The van der Waals surface area contributed by atoms with E-state index in [4.69, 9.17) is 14.1 Å². The molecule has 0 bridgehead atoms. The number of benzene rings is 3. The Balaban J connectivity index is 1.57. The van der Waals surface area contributed by atoms with E-state index in [0.29, 0.717) is 0 Å². The normalized spacial score (nSPS) is 13.6. The minimum absolute atomic E-state index is 0.758. The molecule has 1 aromatic heterocycles. The van der Waals surface area contributed by atoms with Gasteiger partial charge < -0.3 is 9.15 Å². The van der Waals surface area contributed by atoms with Crippen LogP contribution in [0.1, 0.15) is 30.7 Å². The summed E-state index contributed by atoms with van der Waals surface area (Å²) in [4.78, 5) is 5.02. The molecule has 1 heterocycles. The number of methoxy groups -OCH3 is 1. The molecule has 4 aromatic rings. The van der Waals surface area contributed by atoms with E-state index in [9.17, 15) is 0 Å². The highest BCUT2D eigenvalue weighted by atomic mass is 16.5. The number of nitrogens with zero attached hydrogens (tertiary/aromatic N) is 1. The second-order valence-corrected chi connectivity index (χ2v) is 7.89. The zero-order valence-electron chi connectivity index (χ0n) is 17.7. The summed E-state index contributed by atoms with van der Waals surface area (Å²) in [5.74, 6) is 2.49. The molecule has 0 atom stereocenters. The van der Waals surface area contributed by atoms with Crippen LogP contribution in [0.5, 0.6) is 5.75 Å². The first-order valence-corrected chi connectivity index (χ1v) is 10.8. The van der Waals surface area contributed by atoms with Crippen molar-refractivity contribution < 1.29 is 9.15 Å². The molecule has 1 aliphatic rings. The summed E-state index contributed by atoms with van der Waals surface area (Å²) in [5, 5.41) is 0. The van der Waals surface area contributed by atoms with Gasteiger partial charge in [0.2, 0.25) is 5.89 Å². The summed E-state index contributed by atoms with van der Waals surface area (Å²) in [7, 11) is 1.71. The average Bonchev–Trinajstić information content (AvgIpc) is 3.47. The Morgan fingerprint density at radius 3 is 2.32 bits per heavy atom. The molecule has 3 nitrogen and oxygen atoms in total. The van der Waals surface area contributed by atoms with Gasteiger partial charge in [0.1, 0.15) is 11.4 Å². The van der Waals surface area contributed by atoms with Crippen molar-refractivity contribution >= 4 is 5.57 Å². The van der Waals surface area contributed by atoms with Crippen LogP contribution in [0.2, 0.25) is 0 Å². The molecular formula is C28H25NO2. The van der Waals surface area contributed by atoms with Gasteiger partial charge in [0.05, 0.1) is 7.11 Å². The van der Waals surface area contributed by atoms with E-state index in [1.165, 1.54) is 16.7 Å². The van der Waals surface area contributed by atoms with Crippen LogP contribution in [0.3, 0.4) is 0 Å². The number of rotatable bonds is 6. The van der Waals surface area contributed by atoms with Gasteiger partial charge >= 0.3 is 0 Å². The lowest BCUT2D eigenvalue weighted by Crippen LogP contribution is -1.93. The van der Waals surface area contributed by atoms with Gasteiger partial charge in [-0.15, -0.1) is 0 Å². The van der Waals surface area contributed by atoms with Crippen LogP contribution in [0.15, 0.2) is 94.9 Å². The number of hydrogen-bond donors (Lipinski definition) is 0. The van der Waals surface area contributed by atoms with Crippen molar-refractivity contribution in [2.75, 3.05) is 7.11 Å². The third-order valence-corrected chi connectivity index (χ3v) is 5.85. The van der Waals surface area contributed by atoms with E-state index in [2.05, 4.69) is 42.5 Å². The molecular weight excluding hydrogens is 382 g/mol. The van der Waals surface area contributed by atoms with Gasteiger partial charge in [0.25, 0.3) is 0 Å². The summed E-state index contributed by atoms with van der Waals surface area (Å²) < 4.78 is 11.9. The lowest BCUT2D eigenvalue weighted by atomic mass is 10.0. The summed E-state index contributed by atoms with van der Waals surface area (Å²) >= 11 is 0. The quantitative estimate of drug-likeness (QED) is 0.339. The van der Waals surface area contributed by atoms with Gasteiger partial charge in [-0.3, -0.25) is 0 Å². The van der Waals surface area contributed by atoms with Crippen LogP contribution in [-0.4, -0.2) is 12.1 Å². The fourth-order valence-corrected chi connectivity index (χ4v) is 4.31. The van der Waals surface area contributed by atoms with Crippen LogP contribution in [0, 0.1) is 0 Å². The first-order chi connectivity index (χ1) is 15.3. The summed E-state index contributed by atoms with van der Waals surface area (Å²) in [6.45, 7) is 0. The van der Waals surface area contributed by atoms with E-state index in [-0.39, 0.29) is 0 Å². The molecule has 3 aromatic carbocycles. The van der Waals surface area contributed by atoms with Crippen molar-refractivity contribution in [2.45, 2.75) is 25.7 Å². The Morgan fingerprint density at radius 1 is 0.839 bits per heavy atom. The Hall–Kier alpha value is -3.59. The fraction of sp³-hybridized carbons (Fsp3) is 0.179. The molecule has 0 radical (unpaired) electrons. The van der Waals surface area contributed by atoms with Gasteiger partial charge in [0.15, 0.2) is 5.76 Å². The molecule has 1 aliphatic carbocycles. The SMILES string of the molecule is COc1cccc(CC2=C(c3nc(-c4ccccc4)c(-c4ccccc4)o3)CCC2)c1. The van der Waals surface area contributed by atoms with E-state index < -0.39 is 0 Å². The fourth-order valence-electron chi connectivity index (χ4n) is 4.31. The number of aromatic nitrogens is 1. The standard InChI is InChI=1S/C28H25NO2/c1-30-24-16-8-10-20(19-24)18-23-15-9-17-25(23)28-29-26(21-11-4-2-5-12-21)27(31-28)22-13-6-3-7-14-22/h2-8,10-14,16,19H,9,15,17-18H2,1H3. The number of ether oxygens (including phenoxy) is 1. The molecule has 154 valence electrons. The minimum atomic E-state index is 0.758. The molecule has 3 heteroatoms. The highest BCUT2D eigenvalue weighted by molar-refractivity contribution is 5.79. The summed E-state index contributed by atoms with van der Waals surface area (Å²) in [6, 6.07) is 28.9. The lowest BCUT2D eigenvalue weighted by molar-refractivity contribution is 0.414. The highest BCUT2D eigenvalue weighted by Crippen LogP contribution is 2.40. The van der Waals surface area contributed by atoms with E-state index in [0.717, 1.165) is 59.9 Å². The largest absolute Gasteiger partial charge is 0.497 e. The maximum atomic E-state index is 6.46. The predicted molar refractivity (Wildman–Crippen MR) is 125 cm³/mol. The predicted octanol–water partition coefficient (Wildman–Crippen LogP) is 7.20. The Morgan fingerprint density at radius 2 is 1.58 bits per heavy atom. The van der Waals surface area contributed by atoms with Crippen molar-refractivity contribution in [3.05, 3.63) is 102 Å². The van der Waals surface area contributed by atoms with Gasteiger partial charge in [-0.1, -0.05) is 78.4 Å². The van der Waals surface area contributed by atoms with Gasteiger partial charge in [-0.2, -0.15) is 0 Å². The van der Waals surface area contributed by atoms with E-state index >= 15 is 0 Å². The number of oxazole rings is 1. The van der Waals surface area contributed by atoms with Crippen molar-refractivity contribution in [1.29, 1.82) is 0 Å².